The van der Waals surface area contributed by atoms with E-state index in [1.165, 1.54) is 6.42 Å². The van der Waals surface area contributed by atoms with E-state index in [4.69, 9.17) is 4.74 Å². The van der Waals surface area contributed by atoms with Crippen LogP contribution in [0.5, 0.6) is 17.2 Å². The SMILES string of the molecule is CC1(C)Oc2c(O)ccc1c2-c1cccc(O)c1.CCC. The number of ether oxygens (including phenoxy) is 1. The van der Waals surface area contributed by atoms with Crippen molar-refractivity contribution in [3.63, 3.8) is 0 Å². The molecule has 0 aromatic heterocycles. The van der Waals surface area contributed by atoms with Crippen molar-refractivity contribution in [3.05, 3.63) is 42.0 Å². The highest BCUT2D eigenvalue weighted by Crippen LogP contribution is 2.52. The molecular formula is C18H22O3. The van der Waals surface area contributed by atoms with E-state index in [-0.39, 0.29) is 11.5 Å². The Labute approximate surface area is 125 Å². The van der Waals surface area contributed by atoms with Crippen LogP contribution in [0.25, 0.3) is 11.1 Å². The first kappa shape index (κ1) is 15.2. The average molecular weight is 286 g/mol. The summed E-state index contributed by atoms with van der Waals surface area (Å²) in [6.07, 6.45) is 1.25. The largest absolute Gasteiger partial charge is 0.508 e. The minimum Gasteiger partial charge on any atom is -0.508 e. The smallest absolute Gasteiger partial charge is 0.170 e. The third-order valence-corrected chi connectivity index (χ3v) is 3.28. The van der Waals surface area contributed by atoms with Crippen LogP contribution >= 0.6 is 0 Å². The summed E-state index contributed by atoms with van der Waals surface area (Å²) in [5.41, 5.74) is 2.26. The second-order valence-corrected chi connectivity index (χ2v) is 5.71. The number of phenols is 2. The molecule has 3 nitrogen and oxygen atoms in total. The number of fused-ring (bicyclic) bond motifs is 2. The summed E-state index contributed by atoms with van der Waals surface area (Å²) in [6.45, 7) is 8.17. The van der Waals surface area contributed by atoms with E-state index in [0.29, 0.717) is 5.75 Å². The van der Waals surface area contributed by atoms with E-state index in [9.17, 15) is 10.2 Å². The van der Waals surface area contributed by atoms with Gasteiger partial charge >= 0.3 is 0 Å². The average Bonchev–Trinajstić information content (AvgIpc) is 2.62. The second kappa shape index (κ2) is 5.68. The first-order valence-electron chi connectivity index (χ1n) is 7.25. The van der Waals surface area contributed by atoms with Crippen molar-refractivity contribution in [1.82, 2.24) is 0 Å². The predicted molar refractivity (Wildman–Crippen MR) is 84.8 cm³/mol. The van der Waals surface area contributed by atoms with Crippen molar-refractivity contribution in [3.8, 4) is 28.4 Å². The topological polar surface area (TPSA) is 49.7 Å². The molecule has 0 radical (unpaired) electrons. The Balaban J connectivity index is 0.000000497. The lowest BCUT2D eigenvalue weighted by Gasteiger charge is -2.18. The molecule has 1 heterocycles. The van der Waals surface area contributed by atoms with Crippen molar-refractivity contribution in [2.45, 2.75) is 39.7 Å². The minimum absolute atomic E-state index is 0.127. The summed E-state index contributed by atoms with van der Waals surface area (Å²) in [4.78, 5) is 0. The van der Waals surface area contributed by atoms with Crippen molar-refractivity contribution >= 4 is 0 Å². The lowest BCUT2D eigenvalue weighted by Crippen LogP contribution is -2.19. The molecule has 0 fully saturated rings. The molecule has 0 atom stereocenters. The van der Waals surface area contributed by atoms with Crippen molar-refractivity contribution in [1.29, 1.82) is 0 Å². The van der Waals surface area contributed by atoms with Crippen LogP contribution in [-0.4, -0.2) is 10.2 Å². The summed E-state index contributed by atoms with van der Waals surface area (Å²) in [5.74, 6) is 0.818. The van der Waals surface area contributed by atoms with Crippen molar-refractivity contribution in [2.24, 2.45) is 0 Å². The Morgan fingerprint density at radius 3 is 2.33 bits per heavy atom. The van der Waals surface area contributed by atoms with Gasteiger partial charge in [-0.1, -0.05) is 38.5 Å². The molecule has 0 saturated heterocycles. The number of hydrogen-bond acceptors (Lipinski definition) is 3. The quantitative estimate of drug-likeness (QED) is 0.791. The fourth-order valence-corrected chi connectivity index (χ4v) is 2.43. The summed E-state index contributed by atoms with van der Waals surface area (Å²) >= 11 is 0. The molecule has 112 valence electrons. The predicted octanol–water partition coefficient (Wildman–Crippen LogP) is 4.81. The number of phenolic OH excluding ortho intramolecular Hbond substituents is 2. The second-order valence-electron chi connectivity index (χ2n) is 5.71. The molecule has 2 aromatic carbocycles. The molecule has 1 aliphatic heterocycles. The number of rotatable bonds is 1. The van der Waals surface area contributed by atoms with Crippen LogP contribution in [0.15, 0.2) is 36.4 Å². The standard InChI is InChI=1S/C15H14O3.C3H8/c1-15(2)11-6-7-12(17)14(18-15)13(11)9-4-3-5-10(16)8-9;1-3-2/h3-8,16-17H,1-2H3;3H2,1-2H3. The zero-order chi connectivity index (χ0) is 15.6. The molecule has 1 aliphatic rings. The Kier molecular flexibility index (Phi) is 4.12. The molecule has 0 unspecified atom stereocenters. The van der Waals surface area contributed by atoms with Gasteiger partial charge in [0.1, 0.15) is 11.4 Å². The molecule has 2 bridgehead atoms. The Morgan fingerprint density at radius 1 is 1.05 bits per heavy atom. The summed E-state index contributed by atoms with van der Waals surface area (Å²) in [6, 6.07) is 10.5. The van der Waals surface area contributed by atoms with Gasteiger partial charge in [0, 0.05) is 11.1 Å². The minimum atomic E-state index is -0.461. The van der Waals surface area contributed by atoms with E-state index < -0.39 is 5.60 Å². The molecule has 0 spiro atoms. The van der Waals surface area contributed by atoms with Crippen LogP contribution in [0.4, 0.5) is 0 Å². The van der Waals surface area contributed by atoms with Crippen LogP contribution in [0.2, 0.25) is 0 Å². The molecule has 3 heteroatoms. The fraction of sp³-hybridized carbons (Fsp3) is 0.333. The van der Waals surface area contributed by atoms with Gasteiger partial charge in [-0.15, -0.1) is 0 Å². The van der Waals surface area contributed by atoms with E-state index in [0.717, 1.165) is 16.7 Å². The number of aromatic hydroxyl groups is 2. The first-order chi connectivity index (χ1) is 9.90. The highest BCUT2D eigenvalue weighted by atomic mass is 16.5. The maximum atomic E-state index is 9.90. The van der Waals surface area contributed by atoms with Gasteiger partial charge in [-0.25, -0.2) is 0 Å². The van der Waals surface area contributed by atoms with E-state index in [1.54, 1.807) is 24.3 Å². The third-order valence-electron chi connectivity index (χ3n) is 3.28. The van der Waals surface area contributed by atoms with Gasteiger partial charge in [-0.05, 0) is 37.6 Å². The fourth-order valence-electron chi connectivity index (χ4n) is 2.43. The number of benzene rings is 2. The maximum absolute atomic E-state index is 9.90. The van der Waals surface area contributed by atoms with Gasteiger partial charge < -0.3 is 14.9 Å². The van der Waals surface area contributed by atoms with Crippen molar-refractivity contribution in [2.75, 3.05) is 0 Å². The Bertz CT molecular complexity index is 645. The summed E-state index contributed by atoms with van der Waals surface area (Å²) < 4.78 is 5.80. The normalized spacial score (nSPS) is 14.1. The first-order valence-corrected chi connectivity index (χ1v) is 7.25. The van der Waals surface area contributed by atoms with Gasteiger partial charge in [0.25, 0.3) is 0 Å². The summed E-state index contributed by atoms with van der Waals surface area (Å²) in [5, 5.41) is 19.5. The third kappa shape index (κ3) is 2.82. The van der Waals surface area contributed by atoms with Crippen molar-refractivity contribution < 1.29 is 14.9 Å². The monoisotopic (exact) mass is 286 g/mol. The molecular weight excluding hydrogens is 264 g/mol. The molecule has 0 amide bonds. The van der Waals surface area contributed by atoms with Gasteiger partial charge in [0.2, 0.25) is 0 Å². The molecule has 3 rings (SSSR count). The molecule has 0 saturated carbocycles. The summed E-state index contributed by atoms with van der Waals surface area (Å²) in [7, 11) is 0. The van der Waals surface area contributed by atoms with Gasteiger partial charge in [0.15, 0.2) is 11.5 Å². The molecule has 2 aromatic rings. The van der Waals surface area contributed by atoms with Crippen LogP contribution in [-0.2, 0) is 5.60 Å². The highest BCUT2D eigenvalue weighted by molar-refractivity contribution is 5.81. The Hall–Kier alpha value is -2.16. The zero-order valence-corrected chi connectivity index (χ0v) is 13.0. The van der Waals surface area contributed by atoms with E-state index >= 15 is 0 Å². The maximum Gasteiger partial charge on any atom is 0.170 e. The van der Waals surface area contributed by atoms with Crippen LogP contribution in [0.1, 0.15) is 39.7 Å². The molecule has 21 heavy (non-hydrogen) atoms. The van der Waals surface area contributed by atoms with Gasteiger partial charge in [-0.3, -0.25) is 0 Å². The van der Waals surface area contributed by atoms with E-state index in [1.807, 2.05) is 26.0 Å². The lowest BCUT2D eigenvalue weighted by atomic mass is 9.91. The van der Waals surface area contributed by atoms with E-state index in [2.05, 4.69) is 13.8 Å². The lowest BCUT2D eigenvalue weighted by molar-refractivity contribution is 0.123. The molecule has 2 N–H and O–H groups in total. The Morgan fingerprint density at radius 2 is 1.71 bits per heavy atom. The zero-order valence-electron chi connectivity index (χ0n) is 13.0. The number of hydrogen-bond donors (Lipinski definition) is 2. The van der Waals surface area contributed by atoms with Gasteiger partial charge in [0.05, 0.1) is 0 Å². The molecule has 0 aliphatic carbocycles. The van der Waals surface area contributed by atoms with Crippen LogP contribution in [0, 0.1) is 0 Å². The van der Waals surface area contributed by atoms with Crippen LogP contribution in [0.3, 0.4) is 0 Å². The highest BCUT2D eigenvalue weighted by Gasteiger charge is 2.37. The van der Waals surface area contributed by atoms with Crippen LogP contribution < -0.4 is 4.74 Å². The van der Waals surface area contributed by atoms with Gasteiger partial charge in [-0.2, -0.15) is 0 Å².